The van der Waals surface area contributed by atoms with Gasteiger partial charge < -0.3 is 9.32 Å². The first kappa shape index (κ1) is 21.9. The Balaban J connectivity index is 1.35. The summed E-state index contributed by atoms with van der Waals surface area (Å²) in [6.07, 6.45) is 3.61. The number of nitrogens with one attached hydrogen (secondary N) is 1. The lowest BCUT2D eigenvalue weighted by Crippen LogP contribution is -2.35. The summed E-state index contributed by atoms with van der Waals surface area (Å²) in [5.41, 5.74) is 0.775. The van der Waals surface area contributed by atoms with E-state index in [2.05, 4.69) is 10.1 Å². The van der Waals surface area contributed by atoms with Crippen LogP contribution in [-0.2, 0) is 9.59 Å². The van der Waals surface area contributed by atoms with Gasteiger partial charge in [0.2, 0.25) is 11.1 Å². The lowest BCUT2D eigenvalue weighted by atomic mass is 10.1. The Hall–Kier alpha value is -2.88. The zero-order valence-corrected chi connectivity index (χ0v) is 19.5. The van der Waals surface area contributed by atoms with Crippen LogP contribution in [0.1, 0.15) is 25.0 Å². The number of nitrogens with zero attached hydrogens (tertiary/aromatic N) is 4. The second-order valence-corrected chi connectivity index (χ2v) is 9.46. The molecule has 0 radical (unpaired) electrons. The predicted molar refractivity (Wildman–Crippen MR) is 130 cm³/mol. The smallest absolute Gasteiger partial charge is 0.283 e. The molecule has 11 heteroatoms. The van der Waals surface area contributed by atoms with E-state index in [9.17, 15) is 9.59 Å². The first-order chi connectivity index (χ1) is 15.9. The summed E-state index contributed by atoms with van der Waals surface area (Å²) < 4.78 is 5.82. The van der Waals surface area contributed by atoms with Gasteiger partial charge in [0.05, 0.1) is 22.0 Å². The molecule has 4 heterocycles. The van der Waals surface area contributed by atoms with E-state index in [1.807, 2.05) is 4.90 Å². The van der Waals surface area contributed by atoms with Crippen LogP contribution in [0.4, 0.5) is 0 Å². The minimum Gasteiger partial charge on any atom is -0.457 e. The van der Waals surface area contributed by atoms with Crippen molar-refractivity contribution >= 4 is 68.9 Å². The molecule has 2 amide bonds. The topological polar surface area (TPSA) is 102 Å². The fourth-order valence-electron chi connectivity index (χ4n) is 3.69. The van der Waals surface area contributed by atoms with Crippen molar-refractivity contribution in [2.45, 2.75) is 19.3 Å². The van der Waals surface area contributed by atoms with Crippen LogP contribution >= 0.6 is 35.0 Å². The maximum Gasteiger partial charge on any atom is 0.283 e. The molecule has 0 bridgehead atoms. The molecule has 0 saturated carbocycles. The molecule has 1 aromatic carbocycles. The first-order valence-corrected chi connectivity index (χ1v) is 11.8. The third-order valence-electron chi connectivity index (χ3n) is 5.38. The highest BCUT2D eigenvalue weighted by molar-refractivity contribution is 8.27. The van der Waals surface area contributed by atoms with E-state index in [1.54, 1.807) is 30.3 Å². The molecule has 1 aromatic heterocycles. The summed E-state index contributed by atoms with van der Waals surface area (Å²) in [4.78, 5) is 30.9. The van der Waals surface area contributed by atoms with E-state index >= 15 is 0 Å². The maximum atomic E-state index is 12.6. The number of fused-ring (bicyclic) bond motifs is 1. The quantitative estimate of drug-likeness (QED) is 0.601. The van der Waals surface area contributed by atoms with Crippen LogP contribution in [-0.4, -0.2) is 50.9 Å². The zero-order valence-electron chi connectivity index (χ0n) is 17.2. The van der Waals surface area contributed by atoms with Gasteiger partial charge in [0.25, 0.3) is 5.91 Å². The van der Waals surface area contributed by atoms with Gasteiger partial charge in [-0.3, -0.25) is 15.0 Å². The average molecular weight is 502 g/mol. The number of rotatable bonds is 4. The third-order valence-corrected chi connectivity index (χ3v) is 7.02. The largest absolute Gasteiger partial charge is 0.457 e. The summed E-state index contributed by atoms with van der Waals surface area (Å²) in [7, 11) is 0. The lowest BCUT2D eigenvalue weighted by Gasteiger charge is -2.19. The third kappa shape index (κ3) is 4.36. The van der Waals surface area contributed by atoms with Crippen molar-refractivity contribution in [3.8, 4) is 11.3 Å². The van der Waals surface area contributed by atoms with Gasteiger partial charge in [-0.2, -0.15) is 15.1 Å². The van der Waals surface area contributed by atoms with Gasteiger partial charge in [-0.05, 0) is 61.0 Å². The van der Waals surface area contributed by atoms with Gasteiger partial charge >= 0.3 is 0 Å². The Bertz CT molecular complexity index is 1280. The molecule has 8 nitrogen and oxygen atoms in total. The van der Waals surface area contributed by atoms with Crippen LogP contribution in [0.5, 0.6) is 0 Å². The maximum absolute atomic E-state index is 12.6. The molecule has 0 unspecified atom stereocenters. The minimum atomic E-state index is -0.562. The first-order valence-electron chi connectivity index (χ1n) is 10.2. The van der Waals surface area contributed by atoms with Crippen LogP contribution in [0.2, 0.25) is 10.0 Å². The van der Waals surface area contributed by atoms with Crippen LogP contribution in [0.3, 0.4) is 0 Å². The fraction of sp³-hybridized carbons (Fsp3) is 0.227. The number of hydrogen-bond donors (Lipinski definition) is 1. The molecule has 1 saturated heterocycles. The zero-order chi connectivity index (χ0) is 23.1. The SMILES string of the molecule is N=C1/C(=C/c2ccc(-c3ccc(Cl)c(Cl)c3)o2)C(=O)N=C2SC(CC(=O)N3CCCC3)=NN12. The summed E-state index contributed by atoms with van der Waals surface area (Å²) in [6, 6.07) is 8.56. The Kier molecular flexibility index (Phi) is 5.86. The van der Waals surface area contributed by atoms with E-state index in [0.717, 1.165) is 43.3 Å². The molecule has 0 spiro atoms. The number of halogens is 2. The standard InChI is InChI=1S/C22H17Cl2N5O3S/c23-15-5-3-12(9-16(15)24)17-6-4-13(32-17)10-14-20(25)29-22(26-21(14)31)33-18(27-29)11-19(30)28-7-1-2-8-28/h3-6,9-10,25H,1-2,7-8,11H2/b14-10-,25-20?. The van der Waals surface area contributed by atoms with E-state index in [4.69, 9.17) is 33.0 Å². The minimum absolute atomic E-state index is 0.00163. The average Bonchev–Trinajstić information content (AvgIpc) is 3.54. The highest BCUT2D eigenvalue weighted by Gasteiger charge is 2.36. The number of hydrazone groups is 1. The van der Waals surface area contributed by atoms with Crippen molar-refractivity contribution in [2.24, 2.45) is 10.1 Å². The Labute approximate surface area is 203 Å². The molecule has 3 aliphatic heterocycles. The van der Waals surface area contributed by atoms with E-state index in [1.165, 1.54) is 11.1 Å². The predicted octanol–water partition coefficient (Wildman–Crippen LogP) is 4.89. The molecule has 0 aliphatic carbocycles. The van der Waals surface area contributed by atoms with E-state index in [0.29, 0.717) is 26.6 Å². The molecule has 33 heavy (non-hydrogen) atoms. The number of amides is 2. The van der Waals surface area contributed by atoms with E-state index < -0.39 is 5.91 Å². The lowest BCUT2D eigenvalue weighted by molar-refractivity contribution is -0.128. The molecule has 5 rings (SSSR count). The molecule has 3 aliphatic rings. The van der Waals surface area contributed by atoms with Gasteiger partial charge in [-0.1, -0.05) is 23.2 Å². The molecule has 2 aromatic rings. The van der Waals surface area contributed by atoms with Crippen molar-refractivity contribution in [3.05, 3.63) is 51.7 Å². The number of likely N-dealkylation sites (tertiary alicyclic amines) is 1. The normalized spacial score (nSPS) is 19.3. The summed E-state index contributed by atoms with van der Waals surface area (Å²) in [5, 5.41) is 15.8. The Morgan fingerprint density at radius 2 is 1.97 bits per heavy atom. The second-order valence-electron chi connectivity index (χ2n) is 7.61. The summed E-state index contributed by atoms with van der Waals surface area (Å²) >= 11 is 13.2. The highest BCUT2D eigenvalue weighted by atomic mass is 35.5. The Morgan fingerprint density at radius 1 is 1.18 bits per heavy atom. The fourth-order valence-corrected chi connectivity index (χ4v) is 4.86. The highest BCUT2D eigenvalue weighted by Crippen LogP contribution is 2.32. The van der Waals surface area contributed by atoms with Gasteiger partial charge in [-0.25, -0.2) is 0 Å². The molecule has 1 N–H and O–H groups in total. The van der Waals surface area contributed by atoms with E-state index in [-0.39, 0.29) is 28.9 Å². The van der Waals surface area contributed by atoms with Gasteiger partial charge in [-0.15, -0.1) is 0 Å². The number of amidine groups is 2. The number of carbonyl (C=O) groups excluding carboxylic acids is 2. The number of thioether (sulfide) groups is 1. The summed E-state index contributed by atoms with van der Waals surface area (Å²) in [6.45, 7) is 1.52. The molecular weight excluding hydrogens is 485 g/mol. The van der Waals surface area contributed by atoms with Gasteiger partial charge in [0.1, 0.15) is 16.6 Å². The van der Waals surface area contributed by atoms with Gasteiger partial charge in [0, 0.05) is 18.7 Å². The van der Waals surface area contributed by atoms with Crippen molar-refractivity contribution in [3.63, 3.8) is 0 Å². The van der Waals surface area contributed by atoms with Crippen molar-refractivity contribution in [2.75, 3.05) is 13.1 Å². The van der Waals surface area contributed by atoms with Crippen molar-refractivity contribution in [1.29, 1.82) is 5.41 Å². The molecule has 1 fully saturated rings. The number of hydrogen-bond acceptors (Lipinski definition) is 6. The van der Waals surface area contributed by atoms with Crippen LogP contribution < -0.4 is 0 Å². The molecular formula is C22H17Cl2N5O3S. The van der Waals surface area contributed by atoms with Crippen LogP contribution in [0, 0.1) is 5.41 Å². The molecule has 168 valence electrons. The van der Waals surface area contributed by atoms with Crippen LogP contribution in [0.15, 0.2) is 50.4 Å². The monoisotopic (exact) mass is 501 g/mol. The van der Waals surface area contributed by atoms with Crippen molar-refractivity contribution < 1.29 is 14.0 Å². The Morgan fingerprint density at radius 3 is 2.73 bits per heavy atom. The number of furan rings is 1. The molecule has 0 atom stereocenters. The van der Waals surface area contributed by atoms with Crippen LogP contribution in [0.25, 0.3) is 17.4 Å². The number of carbonyl (C=O) groups is 2. The number of aliphatic imine (C=N–C) groups is 1. The van der Waals surface area contributed by atoms with Gasteiger partial charge in [0.15, 0.2) is 5.84 Å². The van der Waals surface area contributed by atoms with Crippen molar-refractivity contribution in [1.82, 2.24) is 9.91 Å². The number of benzene rings is 1. The summed E-state index contributed by atoms with van der Waals surface area (Å²) in [5.74, 6) is 0.236. The second kappa shape index (κ2) is 8.81.